The van der Waals surface area contributed by atoms with Gasteiger partial charge < -0.3 is 4.90 Å². The zero-order valence-corrected chi connectivity index (χ0v) is 17.9. The lowest BCUT2D eigenvalue weighted by Gasteiger charge is -2.26. The highest BCUT2D eigenvalue weighted by atomic mass is 32.2. The molecule has 3 aromatic rings. The maximum Gasteiger partial charge on any atom is 0.268 e. The second-order valence-corrected chi connectivity index (χ2v) is 10.7. The van der Waals surface area contributed by atoms with E-state index in [2.05, 4.69) is 0 Å². The van der Waals surface area contributed by atoms with Crippen molar-refractivity contribution in [3.8, 4) is 0 Å². The predicted octanol–water partition coefficient (Wildman–Crippen LogP) is 4.42. The number of piperidine rings is 1. The topological polar surface area (TPSA) is 57.7 Å². The van der Waals surface area contributed by atoms with E-state index in [0.717, 1.165) is 35.2 Å². The molecule has 1 amide bonds. The standard InChI is InChI=1S/C22H21FN2O3S2/c23-18-5-4-6-20-17(18)14-21(29-20)22(26)25-12-9-15-13-16(7-8-19(15)25)30(27,28)24-10-2-1-3-11-24/h4-8,13-14H,1-3,9-12H2. The van der Waals surface area contributed by atoms with Crippen LogP contribution in [-0.4, -0.2) is 38.3 Å². The van der Waals surface area contributed by atoms with Crippen molar-refractivity contribution in [2.24, 2.45) is 0 Å². The molecule has 3 heterocycles. The number of carbonyl (C=O) groups excluding carboxylic acids is 1. The van der Waals surface area contributed by atoms with Gasteiger partial charge in [0, 0.05) is 35.4 Å². The van der Waals surface area contributed by atoms with Crippen LogP contribution >= 0.6 is 11.3 Å². The van der Waals surface area contributed by atoms with Crippen LogP contribution in [0.25, 0.3) is 10.1 Å². The molecule has 1 saturated heterocycles. The summed E-state index contributed by atoms with van der Waals surface area (Å²) in [6.07, 6.45) is 3.45. The van der Waals surface area contributed by atoms with Gasteiger partial charge in [-0.15, -0.1) is 11.3 Å². The Balaban J connectivity index is 1.44. The minimum atomic E-state index is -3.51. The molecule has 2 aliphatic rings. The van der Waals surface area contributed by atoms with E-state index in [1.807, 2.05) is 0 Å². The van der Waals surface area contributed by atoms with Crippen LogP contribution in [0.15, 0.2) is 47.4 Å². The average molecular weight is 445 g/mol. The quantitative estimate of drug-likeness (QED) is 0.601. The summed E-state index contributed by atoms with van der Waals surface area (Å²) in [4.78, 5) is 15.5. The van der Waals surface area contributed by atoms with E-state index in [0.29, 0.717) is 41.2 Å². The number of rotatable bonds is 3. The van der Waals surface area contributed by atoms with Crippen molar-refractivity contribution in [1.82, 2.24) is 4.31 Å². The van der Waals surface area contributed by atoms with E-state index in [1.165, 1.54) is 17.4 Å². The van der Waals surface area contributed by atoms with Crippen LogP contribution < -0.4 is 4.90 Å². The fraction of sp³-hybridized carbons (Fsp3) is 0.318. The van der Waals surface area contributed by atoms with Crippen LogP contribution in [-0.2, 0) is 16.4 Å². The molecule has 156 valence electrons. The highest BCUT2D eigenvalue weighted by molar-refractivity contribution is 7.89. The molecule has 5 rings (SSSR count). The molecular weight excluding hydrogens is 423 g/mol. The highest BCUT2D eigenvalue weighted by Crippen LogP contribution is 2.35. The van der Waals surface area contributed by atoms with Gasteiger partial charge in [-0.05, 0) is 61.2 Å². The SMILES string of the molecule is O=C(c1cc2c(F)cccc2s1)N1CCc2cc(S(=O)(=O)N3CCCCC3)ccc21. The first kappa shape index (κ1) is 19.7. The third-order valence-electron chi connectivity index (χ3n) is 5.86. The van der Waals surface area contributed by atoms with Crippen molar-refractivity contribution in [3.05, 3.63) is 58.7 Å². The zero-order chi connectivity index (χ0) is 20.9. The molecule has 0 bridgehead atoms. The molecule has 2 aromatic carbocycles. The Hall–Kier alpha value is -2.29. The van der Waals surface area contributed by atoms with E-state index in [-0.39, 0.29) is 11.7 Å². The number of halogens is 1. The first-order chi connectivity index (χ1) is 14.4. The summed E-state index contributed by atoms with van der Waals surface area (Å²) in [6.45, 7) is 1.61. The number of nitrogens with zero attached hydrogens (tertiary/aromatic N) is 2. The Kier molecular flexibility index (Phi) is 4.88. The third-order valence-corrected chi connectivity index (χ3v) is 8.85. The summed E-state index contributed by atoms with van der Waals surface area (Å²) in [5, 5.41) is 0.452. The van der Waals surface area contributed by atoms with Crippen molar-refractivity contribution < 1.29 is 17.6 Å². The van der Waals surface area contributed by atoms with Crippen molar-refractivity contribution in [2.45, 2.75) is 30.6 Å². The molecule has 0 radical (unpaired) electrons. The lowest BCUT2D eigenvalue weighted by molar-refractivity contribution is 0.0993. The summed E-state index contributed by atoms with van der Waals surface area (Å²) in [7, 11) is -3.51. The molecule has 0 aliphatic carbocycles. The normalized spacial score (nSPS) is 17.4. The zero-order valence-electron chi connectivity index (χ0n) is 16.3. The van der Waals surface area contributed by atoms with E-state index in [4.69, 9.17) is 0 Å². The molecule has 2 aliphatic heterocycles. The molecule has 0 unspecified atom stereocenters. The van der Waals surface area contributed by atoms with Crippen LogP contribution in [0.5, 0.6) is 0 Å². The van der Waals surface area contributed by atoms with E-state index < -0.39 is 10.0 Å². The molecule has 0 atom stereocenters. The molecule has 0 N–H and O–H groups in total. The summed E-state index contributed by atoms with van der Waals surface area (Å²) in [5.74, 6) is -0.516. The van der Waals surface area contributed by atoms with Gasteiger partial charge in [-0.2, -0.15) is 4.31 Å². The maximum absolute atomic E-state index is 14.0. The molecule has 30 heavy (non-hydrogen) atoms. The number of amides is 1. The number of anilines is 1. The van der Waals surface area contributed by atoms with Gasteiger partial charge in [-0.1, -0.05) is 12.5 Å². The predicted molar refractivity (Wildman–Crippen MR) is 116 cm³/mol. The maximum atomic E-state index is 14.0. The van der Waals surface area contributed by atoms with Crippen LogP contribution in [0.3, 0.4) is 0 Å². The number of hydrogen-bond acceptors (Lipinski definition) is 4. The fourth-order valence-electron chi connectivity index (χ4n) is 4.27. The van der Waals surface area contributed by atoms with Gasteiger partial charge in [0.2, 0.25) is 10.0 Å². The van der Waals surface area contributed by atoms with Crippen LogP contribution in [0, 0.1) is 5.82 Å². The smallest absolute Gasteiger partial charge is 0.268 e. The van der Waals surface area contributed by atoms with Crippen LogP contribution in [0.1, 0.15) is 34.5 Å². The number of thiophene rings is 1. The largest absolute Gasteiger partial charge is 0.307 e. The first-order valence-corrected chi connectivity index (χ1v) is 12.3. The van der Waals surface area contributed by atoms with Crippen LogP contribution in [0.4, 0.5) is 10.1 Å². The molecule has 0 spiro atoms. The molecule has 1 fully saturated rings. The minimum absolute atomic E-state index is 0.180. The van der Waals surface area contributed by atoms with Gasteiger partial charge in [0.05, 0.1) is 9.77 Å². The van der Waals surface area contributed by atoms with Crippen LogP contribution in [0.2, 0.25) is 0 Å². The molecular formula is C22H21FN2O3S2. The number of benzene rings is 2. The van der Waals surface area contributed by atoms with E-state index in [9.17, 15) is 17.6 Å². The van der Waals surface area contributed by atoms with E-state index >= 15 is 0 Å². The summed E-state index contributed by atoms with van der Waals surface area (Å²) >= 11 is 1.27. The number of hydrogen-bond donors (Lipinski definition) is 0. The Labute approximate surface area is 178 Å². The second kappa shape index (κ2) is 7.44. The van der Waals surface area contributed by atoms with E-state index in [1.54, 1.807) is 45.6 Å². The molecule has 5 nitrogen and oxygen atoms in total. The third kappa shape index (κ3) is 3.23. The van der Waals surface area contributed by atoms with Gasteiger partial charge in [0.25, 0.3) is 5.91 Å². The van der Waals surface area contributed by atoms with Crippen molar-refractivity contribution in [1.29, 1.82) is 0 Å². The Morgan fingerprint density at radius 2 is 1.80 bits per heavy atom. The Morgan fingerprint density at radius 1 is 1.00 bits per heavy atom. The second-order valence-electron chi connectivity index (χ2n) is 7.72. The van der Waals surface area contributed by atoms with Gasteiger partial charge >= 0.3 is 0 Å². The van der Waals surface area contributed by atoms with Gasteiger partial charge in [0.15, 0.2) is 0 Å². The van der Waals surface area contributed by atoms with Gasteiger partial charge in [0.1, 0.15) is 5.82 Å². The summed E-state index contributed by atoms with van der Waals surface area (Å²) in [5.41, 5.74) is 1.59. The fourth-order valence-corrected chi connectivity index (χ4v) is 6.86. The average Bonchev–Trinajstić information content (AvgIpc) is 3.38. The number of carbonyl (C=O) groups is 1. The van der Waals surface area contributed by atoms with Gasteiger partial charge in [-0.25, -0.2) is 12.8 Å². The number of sulfonamides is 1. The number of fused-ring (bicyclic) bond motifs is 2. The van der Waals surface area contributed by atoms with Crippen molar-refractivity contribution in [2.75, 3.05) is 24.5 Å². The molecule has 8 heteroatoms. The van der Waals surface area contributed by atoms with Crippen molar-refractivity contribution >= 4 is 43.0 Å². The first-order valence-electron chi connectivity index (χ1n) is 10.1. The Morgan fingerprint density at radius 3 is 2.57 bits per heavy atom. The van der Waals surface area contributed by atoms with Gasteiger partial charge in [-0.3, -0.25) is 4.79 Å². The van der Waals surface area contributed by atoms with Crippen molar-refractivity contribution in [3.63, 3.8) is 0 Å². The molecule has 0 saturated carbocycles. The Bertz CT molecular complexity index is 1250. The molecule has 1 aromatic heterocycles. The lowest BCUT2D eigenvalue weighted by atomic mass is 10.2. The summed E-state index contributed by atoms with van der Waals surface area (Å²) < 4.78 is 42.2. The monoisotopic (exact) mass is 444 g/mol. The summed E-state index contributed by atoms with van der Waals surface area (Å²) in [6, 6.07) is 11.5. The highest BCUT2D eigenvalue weighted by Gasteiger charge is 2.31. The minimum Gasteiger partial charge on any atom is -0.307 e. The lowest BCUT2D eigenvalue weighted by Crippen LogP contribution is -2.35.